The number of benzene rings is 1. The predicted molar refractivity (Wildman–Crippen MR) is 140 cm³/mol. The van der Waals surface area contributed by atoms with Gasteiger partial charge >= 0.3 is 0 Å². The standard InChI is InChI=1S/C26H35N3O8.ClH/c27-7-9-34-11-13-36-15-17-37-16-14-35-12-10-33-8-1-2-20-3-4-22-21(18-20)19-29(26(22)32)23-5-6-24(30)28-25(23)31;/h3-4,18,23H,5-17,19,27H2,(H,28,30,31);1H. The first-order chi connectivity index (χ1) is 18.1. The van der Waals surface area contributed by atoms with Crippen molar-refractivity contribution in [2.45, 2.75) is 25.4 Å². The van der Waals surface area contributed by atoms with Crippen LogP contribution in [0.5, 0.6) is 0 Å². The summed E-state index contributed by atoms with van der Waals surface area (Å²) in [4.78, 5) is 37.8. The van der Waals surface area contributed by atoms with Gasteiger partial charge in [0.2, 0.25) is 11.8 Å². The van der Waals surface area contributed by atoms with Gasteiger partial charge in [0.25, 0.3) is 5.91 Å². The van der Waals surface area contributed by atoms with Crippen molar-refractivity contribution < 1.29 is 38.1 Å². The van der Waals surface area contributed by atoms with Gasteiger partial charge in [-0.2, -0.15) is 0 Å². The van der Waals surface area contributed by atoms with Crippen molar-refractivity contribution in [2.24, 2.45) is 5.73 Å². The number of halogens is 1. The summed E-state index contributed by atoms with van der Waals surface area (Å²) in [6.45, 7) is 5.50. The molecule has 1 atom stereocenters. The lowest BCUT2D eigenvalue weighted by Crippen LogP contribution is -2.52. The highest BCUT2D eigenvalue weighted by Gasteiger charge is 2.38. The van der Waals surface area contributed by atoms with Crippen molar-refractivity contribution in [1.29, 1.82) is 0 Å². The first kappa shape index (κ1) is 31.7. The summed E-state index contributed by atoms with van der Waals surface area (Å²) in [7, 11) is 0. The Labute approximate surface area is 229 Å². The van der Waals surface area contributed by atoms with Crippen LogP contribution in [0.4, 0.5) is 0 Å². The third-order valence-corrected chi connectivity index (χ3v) is 5.68. The van der Waals surface area contributed by atoms with Crippen LogP contribution in [-0.4, -0.2) is 101 Å². The van der Waals surface area contributed by atoms with Crippen molar-refractivity contribution in [1.82, 2.24) is 10.2 Å². The molecule has 0 aromatic heterocycles. The van der Waals surface area contributed by atoms with E-state index in [1.807, 2.05) is 6.07 Å². The number of nitrogens with zero attached hydrogens (tertiary/aromatic N) is 1. The van der Waals surface area contributed by atoms with Gasteiger partial charge in [0.05, 0.1) is 59.5 Å². The second-order valence-corrected chi connectivity index (χ2v) is 8.36. The number of imide groups is 1. The maximum absolute atomic E-state index is 12.7. The van der Waals surface area contributed by atoms with Crippen LogP contribution in [0, 0.1) is 11.8 Å². The monoisotopic (exact) mass is 553 g/mol. The van der Waals surface area contributed by atoms with Crippen LogP contribution in [0.3, 0.4) is 0 Å². The van der Waals surface area contributed by atoms with E-state index in [0.29, 0.717) is 84.5 Å². The van der Waals surface area contributed by atoms with Gasteiger partial charge in [-0.05, 0) is 30.2 Å². The number of hydrogen-bond donors (Lipinski definition) is 2. The Morgan fingerprint density at radius 3 is 2.11 bits per heavy atom. The molecule has 0 aliphatic carbocycles. The summed E-state index contributed by atoms with van der Waals surface area (Å²) in [5, 5.41) is 2.31. The maximum atomic E-state index is 12.7. The Balaban J connectivity index is 0.00000507. The minimum Gasteiger partial charge on any atom is -0.378 e. The molecule has 11 nitrogen and oxygen atoms in total. The molecule has 0 spiro atoms. The van der Waals surface area contributed by atoms with E-state index in [2.05, 4.69) is 17.2 Å². The van der Waals surface area contributed by atoms with E-state index >= 15 is 0 Å². The summed E-state index contributed by atoms with van der Waals surface area (Å²) >= 11 is 0. The van der Waals surface area contributed by atoms with Crippen LogP contribution in [0.1, 0.15) is 34.3 Å². The second-order valence-electron chi connectivity index (χ2n) is 8.36. The number of rotatable bonds is 16. The average Bonchev–Trinajstić information content (AvgIpc) is 3.21. The molecule has 1 aromatic carbocycles. The van der Waals surface area contributed by atoms with Crippen LogP contribution in [-0.2, 0) is 39.8 Å². The Hall–Kier alpha value is -2.56. The molecule has 1 saturated heterocycles. The predicted octanol–water partition coefficient (Wildman–Crippen LogP) is 0.263. The molecule has 2 aliphatic heterocycles. The van der Waals surface area contributed by atoms with Gasteiger partial charge in [0.1, 0.15) is 12.6 Å². The summed E-state index contributed by atoms with van der Waals surface area (Å²) in [6.07, 6.45) is 0.571. The highest BCUT2D eigenvalue weighted by atomic mass is 35.5. The molecule has 1 fully saturated rings. The molecule has 3 N–H and O–H groups in total. The van der Waals surface area contributed by atoms with Crippen LogP contribution in [0.25, 0.3) is 0 Å². The van der Waals surface area contributed by atoms with Crippen molar-refractivity contribution >= 4 is 30.1 Å². The third-order valence-electron chi connectivity index (χ3n) is 5.68. The molecule has 2 heterocycles. The molecule has 1 aromatic rings. The molecule has 3 amide bonds. The number of nitrogens with two attached hydrogens (primary N) is 1. The Morgan fingerprint density at radius 1 is 0.895 bits per heavy atom. The molecule has 0 bridgehead atoms. The Bertz CT molecular complexity index is 981. The SMILES string of the molecule is Cl.NCCOCCOCCOCCOCCOCC#Cc1ccc2c(c1)CN(C1CCC(=O)NC1=O)C2=O. The lowest BCUT2D eigenvalue weighted by Gasteiger charge is -2.29. The molecular formula is C26H36ClN3O8. The molecular weight excluding hydrogens is 518 g/mol. The number of amides is 3. The minimum absolute atomic E-state index is 0. The first-order valence-corrected chi connectivity index (χ1v) is 12.5. The number of carbonyl (C=O) groups is 3. The van der Waals surface area contributed by atoms with Crippen molar-refractivity contribution in [3.05, 3.63) is 34.9 Å². The van der Waals surface area contributed by atoms with Gasteiger partial charge in [-0.15, -0.1) is 12.4 Å². The van der Waals surface area contributed by atoms with E-state index in [4.69, 9.17) is 29.4 Å². The molecule has 12 heteroatoms. The van der Waals surface area contributed by atoms with Gasteiger partial charge in [0.15, 0.2) is 0 Å². The summed E-state index contributed by atoms with van der Waals surface area (Å²) in [6, 6.07) is 4.74. The topological polar surface area (TPSA) is 139 Å². The van der Waals surface area contributed by atoms with E-state index in [-0.39, 0.29) is 37.2 Å². The van der Waals surface area contributed by atoms with Gasteiger partial charge in [0, 0.05) is 30.6 Å². The van der Waals surface area contributed by atoms with Crippen LogP contribution in [0.15, 0.2) is 18.2 Å². The lowest BCUT2D eigenvalue weighted by molar-refractivity contribution is -0.136. The maximum Gasteiger partial charge on any atom is 0.255 e. The fraction of sp³-hybridized carbons (Fsp3) is 0.577. The lowest BCUT2D eigenvalue weighted by atomic mass is 10.0. The number of piperidine rings is 1. The molecule has 38 heavy (non-hydrogen) atoms. The quantitative estimate of drug-likeness (QED) is 0.168. The fourth-order valence-corrected chi connectivity index (χ4v) is 3.88. The zero-order chi connectivity index (χ0) is 26.3. The normalized spacial score (nSPS) is 16.5. The smallest absolute Gasteiger partial charge is 0.255 e. The Morgan fingerprint density at radius 2 is 1.50 bits per heavy atom. The largest absolute Gasteiger partial charge is 0.378 e. The first-order valence-electron chi connectivity index (χ1n) is 12.5. The second kappa shape index (κ2) is 17.9. The average molecular weight is 554 g/mol. The number of ether oxygens (including phenoxy) is 5. The highest BCUT2D eigenvalue weighted by molar-refractivity contribution is 6.05. The fourth-order valence-electron chi connectivity index (χ4n) is 3.88. The third kappa shape index (κ3) is 10.3. The van der Waals surface area contributed by atoms with Crippen molar-refractivity contribution in [2.75, 3.05) is 72.6 Å². The van der Waals surface area contributed by atoms with Crippen LogP contribution in [0.2, 0.25) is 0 Å². The number of nitrogens with one attached hydrogen (secondary N) is 1. The molecule has 0 radical (unpaired) electrons. The highest BCUT2D eigenvalue weighted by Crippen LogP contribution is 2.28. The van der Waals surface area contributed by atoms with E-state index in [0.717, 1.165) is 11.1 Å². The Kier molecular flexibility index (Phi) is 14.9. The van der Waals surface area contributed by atoms with E-state index in [1.165, 1.54) is 4.90 Å². The van der Waals surface area contributed by atoms with Crippen LogP contribution >= 0.6 is 12.4 Å². The number of hydrogen-bond acceptors (Lipinski definition) is 9. The molecule has 3 rings (SSSR count). The van der Waals surface area contributed by atoms with Gasteiger partial charge < -0.3 is 34.3 Å². The van der Waals surface area contributed by atoms with Crippen molar-refractivity contribution in [3.63, 3.8) is 0 Å². The number of fused-ring (bicyclic) bond motifs is 1. The number of carbonyl (C=O) groups excluding carboxylic acids is 3. The minimum atomic E-state index is -0.625. The van der Waals surface area contributed by atoms with Gasteiger partial charge in [-0.25, -0.2) is 0 Å². The molecule has 210 valence electrons. The molecule has 0 saturated carbocycles. The van der Waals surface area contributed by atoms with Crippen LogP contribution < -0.4 is 11.1 Å². The van der Waals surface area contributed by atoms with Crippen molar-refractivity contribution in [3.8, 4) is 11.8 Å². The summed E-state index contributed by atoms with van der Waals surface area (Å²) in [5.74, 6) is 5.07. The summed E-state index contributed by atoms with van der Waals surface area (Å²) < 4.78 is 26.9. The molecule has 1 unspecified atom stereocenters. The zero-order valence-electron chi connectivity index (χ0n) is 21.4. The van der Waals surface area contributed by atoms with E-state index in [9.17, 15) is 14.4 Å². The van der Waals surface area contributed by atoms with E-state index < -0.39 is 11.9 Å². The zero-order valence-corrected chi connectivity index (χ0v) is 22.2. The van der Waals surface area contributed by atoms with Gasteiger partial charge in [-0.3, -0.25) is 19.7 Å². The molecule has 2 aliphatic rings. The van der Waals surface area contributed by atoms with Gasteiger partial charge in [-0.1, -0.05) is 11.8 Å². The van der Waals surface area contributed by atoms with E-state index in [1.54, 1.807) is 12.1 Å². The summed E-state index contributed by atoms with van der Waals surface area (Å²) in [5.41, 5.74) is 7.47.